The van der Waals surface area contributed by atoms with Crippen LogP contribution < -0.4 is 16.0 Å². The first-order valence-electron chi connectivity index (χ1n) is 9.17. The number of nitrogens with one attached hydrogen (secondary N) is 3. The molecule has 1 fully saturated rings. The lowest BCUT2D eigenvalue weighted by atomic mass is 10.1. The molecule has 1 aromatic rings. The minimum absolute atomic E-state index is 0.0566. The zero-order chi connectivity index (χ0) is 18.9. The molecule has 7 heteroatoms. The van der Waals surface area contributed by atoms with Crippen molar-refractivity contribution in [2.45, 2.75) is 12.5 Å². The largest absolute Gasteiger partial charge is 0.356 e. The number of piperazine rings is 1. The van der Waals surface area contributed by atoms with Crippen LogP contribution in [0.3, 0.4) is 0 Å². The van der Waals surface area contributed by atoms with E-state index < -0.39 is 0 Å². The van der Waals surface area contributed by atoms with Crippen LogP contribution >= 0.6 is 0 Å². The summed E-state index contributed by atoms with van der Waals surface area (Å²) in [5, 5.41) is 9.43. The molecule has 26 heavy (non-hydrogen) atoms. The van der Waals surface area contributed by atoms with E-state index in [4.69, 9.17) is 0 Å². The van der Waals surface area contributed by atoms with Crippen LogP contribution in [0.2, 0.25) is 0 Å². The molecule has 1 aromatic carbocycles. The number of guanidine groups is 1. The second-order valence-electron chi connectivity index (χ2n) is 6.81. The fourth-order valence-electron chi connectivity index (χ4n) is 3.09. The third-order valence-electron chi connectivity index (χ3n) is 4.83. The highest BCUT2D eigenvalue weighted by Crippen LogP contribution is 2.06. The molecule has 1 saturated heterocycles. The summed E-state index contributed by atoms with van der Waals surface area (Å²) in [6.07, 6.45) is 0.831. The summed E-state index contributed by atoms with van der Waals surface area (Å²) in [5.41, 5.74) is 1.82. The molecule has 1 amide bonds. The summed E-state index contributed by atoms with van der Waals surface area (Å²) in [5.74, 6) is 0.757. The maximum Gasteiger partial charge on any atom is 0.251 e. The van der Waals surface area contributed by atoms with Crippen molar-refractivity contribution in [1.29, 1.82) is 0 Å². The maximum atomic E-state index is 11.7. The van der Waals surface area contributed by atoms with Gasteiger partial charge in [0.25, 0.3) is 5.91 Å². The molecule has 0 spiro atoms. The van der Waals surface area contributed by atoms with Gasteiger partial charge in [0, 0.05) is 58.4 Å². The molecule has 0 saturated carbocycles. The van der Waals surface area contributed by atoms with Gasteiger partial charge >= 0.3 is 0 Å². The van der Waals surface area contributed by atoms with E-state index in [-0.39, 0.29) is 5.91 Å². The molecule has 0 bridgehead atoms. The lowest BCUT2D eigenvalue weighted by Gasteiger charge is -2.37. The molecule has 0 aliphatic carbocycles. The van der Waals surface area contributed by atoms with Crippen molar-refractivity contribution < 1.29 is 4.79 Å². The number of rotatable bonds is 6. The van der Waals surface area contributed by atoms with Crippen molar-refractivity contribution in [3.05, 3.63) is 35.4 Å². The Morgan fingerprint density at radius 1 is 1.27 bits per heavy atom. The van der Waals surface area contributed by atoms with E-state index in [0.29, 0.717) is 11.6 Å². The summed E-state index contributed by atoms with van der Waals surface area (Å²) < 4.78 is 0. The average molecular weight is 361 g/mol. The van der Waals surface area contributed by atoms with Gasteiger partial charge in [0.2, 0.25) is 0 Å². The highest BCUT2D eigenvalue weighted by molar-refractivity contribution is 5.94. The van der Waals surface area contributed by atoms with Crippen LogP contribution in [-0.4, -0.2) is 88.6 Å². The Bertz CT molecular complexity index is 618. The maximum absolute atomic E-state index is 11.7. The molecular weight excluding hydrogens is 328 g/mol. The molecule has 0 aromatic heterocycles. The minimum Gasteiger partial charge on any atom is -0.356 e. The number of carbonyl (C=O) groups excluding carboxylic acids is 1. The predicted octanol–water partition coefficient (Wildman–Crippen LogP) is -0.000500. The fourth-order valence-corrected chi connectivity index (χ4v) is 3.09. The number of hydrogen-bond acceptors (Lipinski definition) is 4. The topological polar surface area (TPSA) is 72.0 Å². The summed E-state index contributed by atoms with van der Waals surface area (Å²) in [6.45, 7) is 4.91. The van der Waals surface area contributed by atoms with Crippen LogP contribution in [0.5, 0.6) is 0 Å². The standard InChI is InChI=1S/C19H32N6O/c1-20-18(26)16-7-5-6-15(12-16)8-9-22-19(21-2)23-13-17-14-24(3)10-11-25(17)4/h5-7,12,17H,8-11,13-14H2,1-4H3,(H,20,26)(H2,21,22,23). The van der Waals surface area contributed by atoms with Crippen molar-refractivity contribution in [2.75, 3.05) is 60.9 Å². The monoisotopic (exact) mass is 360 g/mol. The summed E-state index contributed by atoms with van der Waals surface area (Å²) >= 11 is 0. The van der Waals surface area contributed by atoms with Gasteiger partial charge in [-0.15, -0.1) is 0 Å². The zero-order valence-corrected chi connectivity index (χ0v) is 16.4. The second-order valence-corrected chi connectivity index (χ2v) is 6.81. The number of carbonyl (C=O) groups is 1. The van der Waals surface area contributed by atoms with Crippen LogP contribution in [-0.2, 0) is 6.42 Å². The highest BCUT2D eigenvalue weighted by atomic mass is 16.1. The van der Waals surface area contributed by atoms with E-state index in [1.54, 1.807) is 14.1 Å². The van der Waals surface area contributed by atoms with Crippen LogP contribution in [0.1, 0.15) is 15.9 Å². The summed E-state index contributed by atoms with van der Waals surface area (Å²) in [6, 6.07) is 8.20. The molecule has 2 rings (SSSR count). The molecule has 3 N–H and O–H groups in total. The van der Waals surface area contributed by atoms with Crippen molar-refractivity contribution in [2.24, 2.45) is 4.99 Å². The minimum atomic E-state index is -0.0566. The van der Waals surface area contributed by atoms with E-state index in [0.717, 1.165) is 50.7 Å². The van der Waals surface area contributed by atoms with Gasteiger partial charge in [0.15, 0.2) is 5.96 Å². The first kappa shape index (κ1) is 20.2. The summed E-state index contributed by atoms with van der Waals surface area (Å²) in [4.78, 5) is 20.8. The van der Waals surface area contributed by atoms with Crippen LogP contribution in [0.4, 0.5) is 0 Å². The first-order chi connectivity index (χ1) is 12.5. The number of aliphatic imine (C=N–C) groups is 1. The lowest BCUT2D eigenvalue weighted by Crippen LogP contribution is -2.55. The SMILES string of the molecule is CN=C(NCCc1cccc(C(=O)NC)c1)NCC1CN(C)CCN1C. The van der Waals surface area contributed by atoms with Gasteiger partial charge in [-0.1, -0.05) is 12.1 Å². The number of nitrogens with zero attached hydrogens (tertiary/aromatic N) is 3. The van der Waals surface area contributed by atoms with Crippen LogP contribution in [0, 0.1) is 0 Å². The molecule has 144 valence electrons. The Morgan fingerprint density at radius 3 is 2.81 bits per heavy atom. The van der Waals surface area contributed by atoms with Gasteiger partial charge in [0.1, 0.15) is 0 Å². The third-order valence-corrected chi connectivity index (χ3v) is 4.83. The average Bonchev–Trinajstić information content (AvgIpc) is 2.66. The number of likely N-dealkylation sites (N-methyl/N-ethyl adjacent to an activating group) is 2. The Morgan fingerprint density at radius 2 is 2.08 bits per heavy atom. The Kier molecular flexibility index (Phi) is 7.87. The van der Waals surface area contributed by atoms with Gasteiger partial charge in [-0.3, -0.25) is 14.7 Å². The van der Waals surface area contributed by atoms with Gasteiger partial charge in [-0.25, -0.2) is 0 Å². The molecule has 0 radical (unpaired) electrons. The molecule has 1 atom stereocenters. The second kappa shape index (κ2) is 10.1. The van der Waals surface area contributed by atoms with Crippen molar-refractivity contribution in [1.82, 2.24) is 25.8 Å². The lowest BCUT2D eigenvalue weighted by molar-refractivity contribution is 0.0963. The van der Waals surface area contributed by atoms with Gasteiger partial charge in [-0.2, -0.15) is 0 Å². The van der Waals surface area contributed by atoms with Crippen molar-refractivity contribution in [3.8, 4) is 0 Å². The Balaban J connectivity index is 1.77. The summed E-state index contributed by atoms with van der Waals surface area (Å²) in [7, 11) is 7.78. The third kappa shape index (κ3) is 6.00. The molecule has 1 unspecified atom stereocenters. The fraction of sp³-hybridized carbons (Fsp3) is 0.579. The highest BCUT2D eigenvalue weighted by Gasteiger charge is 2.21. The molecule has 1 aliphatic rings. The quantitative estimate of drug-likeness (QED) is 0.492. The predicted molar refractivity (Wildman–Crippen MR) is 107 cm³/mol. The van der Waals surface area contributed by atoms with Crippen LogP contribution in [0.15, 0.2) is 29.3 Å². The number of amides is 1. The molecule has 1 heterocycles. The van der Waals surface area contributed by atoms with Gasteiger partial charge in [0.05, 0.1) is 0 Å². The molecular formula is C19H32N6O. The van der Waals surface area contributed by atoms with Gasteiger partial charge in [-0.05, 0) is 38.2 Å². The smallest absolute Gasteiger partial charge is 0.251 e. The van der Waals surface area contributed by atoms with E-state index in [1.807, 2.05) is 24.3 Å². The van der Waals surface area contributed by atoms with E-state index in [1.165, 1.54) is 0 Å². The van der Waals surface area contributed by atoms with Gasteiger partial charge < -0.3 is 20.9 Å². The van der Waals surface area contributed by atoms with Crippen LogP contribution in [0.25, 0.3) is 0 Å². The van der Waals surface area contributed by atoms with E-state index in [2.05, 4.69) is 44.8 Å². The van der Waals surface area contributed by atoms with E-state index >= 15 is 0 Å². The van der Waals surface area contributed by atoms with E-state index in [9.17, 15) is 4.79 Å². The Hall–Kier alpha value is -2.12. The number of benzene rings is 1. The zero-order valence-electron chi connectivity index (χ0n) is 16.4. The van der Waals surface area contributed by atoms with Crippen molar-refractivity contribution >= 4 is 11.9 Å². The normalized spacial score (nSPS) is 19.2. The molecule has 1 aliphatic heterocycles. The van der Waals surface area contributed by atoms with Crippen molar-refractivity contribution in [3.63, 3.8) is 0 Å². The molecule has 7 nitrogen and oxygen atoms in total. The first-order valence-corrected chi connectivity index (χ1v) is 9.17. The Labute approximate surface area is 156 Å². The number of hydrogen-bond donors (Lipinski definition) is 3.